The number of carbonyl (C=O) groups is 1. The number of ketones is 1. The van der Waals surface area contributed by atoms with Gasteiger partial charge in [-0.15, -0.1) is 0 Å². The molecule has 1 fully saturated rings. The molecule has 7 heteroatoms. The standard InChI is InChI=1S/C19H21N3O4/c1-14(23)16-5-6-18(19(12-16)22(25)26)21-9-7-20(8-10-21)13-15-3-2-4-17(24)11-15/h2-6,11-12,24H,7-10,13H2,1H3. The summed E-state index contributed by atoms with van der Waals surface area (Å²) in [5.41, 5.74) is 1.91. The van der Waals surface area contributed by atoms with E-state index in [4.69, 9.17) is 0 Å². The van der Waals surface area contributed by atoms with Gasteiger partial charge in [0.15, 0.2) is 5.78 Å². The molecule has 1 aliphatic heterocycles. The molecule has 2 aromatic rings. The normalized spacial score (nSPS) is 15.0. The number of rotatable bonds is 5. The van der Waals surface area contributed by atoms with Gasteiger partial charge >= 0.3 is 0 Å². The molecule has 2 aromatic carbocycles. The number of phenolic OH excluding ortho intramolecular Hbond substituents is 1. The van der Waals surface area contributed by atoms with Crippen LogP contribution in [0, 0.1) is 10.1 Å². The van der Waals surface area contributed by atoms with Gasteiger partial charge in [0.05, 0.1) is 4.92 Å². The number of nitro benzene ring substituents is 1. The van der Waals surface area contributed by atoms with Gasteiger partial charge in [-0.1, -0.05) is 12.1 Å². The summed E-state index contributed by atoms with van der Waals surface area (Å²) in [6, 6.07) is 11.8. The van der Waals surface area contributed by atoms with Crippen LogP contribution in [0.25, 0.3) is 0 Å². The van der Waals surface area contributed by atoms with Gasteiger partial charge in [0.25, 0.3) is 5.69 Å². The molecule has 1 aliphatic rings. The first kappa shape index (κ1) is 17.9. The maximum atomic E-state index is 11.5. The minimum atomic E-state index is -0.430. The van der Waals surface area contributed by atoms with Crippen LogP contribution < -0.4 is 4.90 Å². The molecule has 0 aromatic heterocycles. The monoisotopic (exact) mass is 355 g/mol. The summed E-state index contributed by atoms with van der Waals surface area (Å²) in [4.78, 5) is 26.7. The first-order valence-corrected chi connectivity index (χ1v) is 8.48. The summed E-state index contributed by atoms with van der Waals surface area (Å²) in [5.74, 6) is 0.0675. The van der Waals surface area contributed by atoms with Crippen molar-refractivity contribution in [1.82, 2.24) is 4.90 Å². The van der Waals surface area contributed by atoms with Crippen LogP contribution in [-0.2, 0) is 6.54 Å². The van der Waals surface area contributed by atoms with E-state index in [2.05, 4.69) is 4.90 Å². The number of hydrogen-bond acceptors (Lipinski definition) is 6. The zero-order valence-electron chi connectivity index (χ0n) is 14.6. The number of benzene rings is 2. The fourth-order valence-corrected chi connectivity index (χ4v) is 3.22. The van der Waals surface area contributed by atoms with Crippen molar-refractivity contribution in [2.75, 3.05) is 31.1 Å². The van der Waals surface area contributed by atoms with Crippen molar-refractivity contribution in [3.63, 3.8) is 0 Å². The smallest absolute Gasteiger partial charge is 0.293 e. The fraction of sp³-hybridized carbons (Fsp3) is 0.316. The molecule has 0 spiro atoms. The SMILES string of the molecule is CC(=O)c1ccc(N2CCN(Cc3cccc(O)c3)CC2)c([N+](=O)[O-])c1. The topological polar surface area (TPSA) is 86.9 Å². The Balaban J connectivity index is 1.69. The van der Waals surface area contributed by atoms with Crippen molar-refractivity contribution in [2.24, 2.45) is 0 Å². The van der Waals surface area contributed by atoms with Crippen LogP contribution in [0.15, 0.2) is 42.5 Å². The van der Waals surface area contributed by atoms with Crippen molar-refractivity contribution in [3.05, 3.63) is 63.7 Å². The summed E-state index contributed by atoms with van der Waals surface area (Å²) in [6.45, 7) is 4.99. The van der Waals surface area contributed by atoms with Gasteiger partial charge in [-0.25, -0.2) is 0 Å². The summed E-state index contributed by atoms with van der Waals surface area (Å²) < 4.78 is 0. The van der Waals surface area contributed by atoms with E-state index in [1.807, 2.05) is 17.0 Å². The van der Waals surface area contributed by atoms with Gasteiger partial charge in [0, 0.05) is 44.4 Å². The summed E-state index contributed by atoms with van der Waals surface area (Å²) >= 11 is 0. The predicted octanol–water partition coefficient (Wildman–Crippen LogP) is 2.83. The van der Waals surface area contributed by atoms with Crippen LogP contribution in [0.4, 0.5) is 11.4 Å². The molecular formula is C19H21N3O4. The Kier molecular flexibility index (Phi) is 5.18. The van der Waals surface area contributed by atoms with Gasteiger partial charge < -0.3 is 10.0 Å². The maximum absolute atomic E-state index is 11.5. The zero-order valence-corrected chi connectivity index (χ0v) is 14.6. The first-order chi connectivity index (χ1) is 12.4. The number of nitro groups is 1. The Labute approximate surface area is 151 Å². The van der Waals surface area contributed by atoms with Crippen LogP contribution in [0.2, 0.25) is 0 Å². The van der Waals surface area contributed by atoms with Gasteiger partial charge in [-0.3, -0.25) is 19.8 Å². The highest BCUT2D eigenvalue weighted by molar-refractivity contribution is 5.95. The molecule has 0 bridgehead atoms. The number of nitrogens with zero attached hydrogens (tertiary/aromatic N) is 3. The van der Waals surface area contributed by atoms with Gasteiger partial charge in [-0.2, -0.15) is 0 Å². The van der Waals surface area contributed by atoms with Crippen LogP contribution in [0.1, 0.15) is 22.8 Å². The second-order valence-corrected chi connectivity index (χ2v) is 6.45. The highest BCUT2D eigenvalue weighted by Gasteiger charge is 2.24. The molecule has 1 heterocycles. The molecule has 7 nitrogen and oxygen atoms in total. The van der Waals surface area contributed by atoms with E-state index in [0.717, 1.165) is 25.2 Å². The molecule has 1 saturated heterocycles. The minimum Gasteiger partial charge on any atom is -0.508 e. The van der Waals surface area contributed by atoms with Crippen LogP contribution >= 0.6 is 0 Å². The van der Waals surface area contributed by atoms with E-state index in [1.54, 1.807) is 24.3 Å². The minimum absolute atomic E-state index is 0.0286. The van der Waals surface area contributed by atoms with Crippen LogP contribution in [-0.4, -0.2) is 46.9 Å². The molecule has 3 rings (SSSR count). The van der Waals surface area contributed by atoms with Crippen molar-refractivity contribution in [3.8, 4) is 5.75 Å². The lowest BCUT2D eigenvalue weighted by atomic mass is 10.1. The van der Waals surface area contributed by atoms with Gasteiger partial charge in [0.2, 0.25) is 0 Å². The average molecular weight is 355 g/mol. The molecule has 0 amide bonds. The summed E-state index contributed by atoms with van der Waals surface area (Å²) in [7, 11) is 0. The number of Topliss-reactive ketones (excluding diaryl/α,β-unsaturated/α-hetero) is 1. The van der Waals surface area contributed by atoms with Gasteiger partial charge in [0.1, 0.15) is 11.4 Å². The van der Waals surface area contributed by atoms with E-state index in [-0.39, 0.29) is 17.2 Å². The molecule has 1 N–H and O–H groups in total. The molecular weight excluding hydrogens is 334 g/mol. The predicted molar refractivity (Wildman–Crippen MR) is 98.7 cm³/mol. The highest BCUT2D eigenvalue weighted by Crippen LogP contribution is 2.30. The Hall–Kier alpha value is -2.93. The summed E-state index contributed by atoms with van der Waals surface area (Å²) in [6.07, 6.45) is 0. The number of anilines is 1. The van der Waals surface area contributed by atoms with Gasteiger partial charge in [-0.05, 0) is 36.8 Å². The largest absolute Gasteiger partial charge is 0.508 e. The Morgan fingerprint density at radius 3 is 2.50 bits per heavy atom. The number of piperazine rings is 1. The third-order valence-corrected chi connectivity index (χ3v) is 4.61. The molecule has 136 valence electrons. The Morgan fingerprint density at radius 2 is 1.88 bits per heavy atom. The fourth-order valence-electron chi connectivity index (χ4n) is 3.22. The molecule has 0 unspecified atom stereocenters. The Bertz CT molecular complexity index is 829. The zero-order chi connectivity index (χ0) is 18.7. The lowest BCUT2D eigenvalue weighted by Gasteiger charge is -2.35. The van der Waals surface area contributed by atoms with Crippen LogP contribution in [0.5, 0.6) is 5.75 Å². The van der Waals surface area contributed by atoms with E-state index in [1.165, 1.54) is 13.0 Å². The third-order valence-electron chi connectivity index (χ3n) is 4.61. The van der Waals surface area contributed by atoms with Crippen molar-refractivity contribution >= 4 is 17.2 Å². The van der Waals surface area contributed by atoms with E-state index in [0.29, 0.717) is 24.3 Å². The van der Waals surface area contributed by atoms with Crippen LogP contribution in [0.3, 0.4) is 0 Å². The first-order valence-electron chi connectivity index (χ1n) is 8.48. The summed E-state index contributed by atoms with van der Waals surface area (Å²) in [5, 5.41) is 21.0. The number of aromatic hydroxyl groups is 1. The lowest BCUT2D eigenvalue weighted by molar-refractivity contribution is -0.384. The third kappa shape index (κ3) is 4.00. The quantitative estimate of drug-likeness (QED) is 0.504. The van der Waals surface area contributed by atoms with Crippen molar-refractivity contribution in [2.45, 2.75) is 13.5 Å². The van der Waals surface area contributed by atoms with Crippen molar-refractivity contribution < 1.29 is 14.8 Å². The average Bonchev–Trinajstić information content (AvgIpc) is 2.62. The van der Waals surface area contributed by atoms with E-state index in [9.17, 15) is 20.0 Å². The van der Waals surface area contributed by atoms with Crippen molar-refractivity contribution in [1.29, 1.82) is 0 Å². The molecule has 0 atom stereocenters. The van der Waals surface area contributed by atoms with E-state index >= 15 is 0 Å². The number of carbonyl (C=O) groups excluding carboxylic acids is 1. The second kappa shape index (κ2) is 7.53. The van der Waals surface area contributed by atoms with E-state index < -0.39 is 4.92 Å². The maximum Gasteiger partial charge on any atom is 0.293 e. The highest BCUT2D eigenvalue weighted by atomic mass is 16.6. The molecule has 0 radical (unpaired) electrons. The lowest BCUT2D eigenvalue weighted by Crippen LogP contribution is -2.46. The number of phenols is 1. The molecule has 0 aliphatic carbocycles. The Morgan fingerprint density at radius 1 is 1.15 bits per heavy atom. The molecule has 0 saturated carbocycles. The second-order valence-electron chi connectivity index (χ2n) is 6.45. The number of hydrogen-bond donors (Lipinski definition) is 1. The molecule has 26 heavy (non-hydrogen) atoms.